The molecule has 2 heterocycles. The minimum atomic E-state index is 0.722. The van der Waals surface area contributed by atoms with Crippen molar-refractivity contribution in [3.63, 3.8) is 0 Å². The predicted octanol–water partition coefficient (Wildman–Crippen LogP) is 4.13. The number of hydrogen-bond donors (Lipinski definition) is 1. The summed E-state index contributed by atoms with van der Waals surface area (Å²) in [6.07, 6.45) is 11.3. The van der Waals surface area contributed by atoms with Crippen LogP contribution in [0.2, 0.25) is 0 Å². The van der Waals surface area contributed by atoms with Gasteiger partial charge in [0, 0.05) is 30.7 Å². The van der Waals surface area contributed by atoms with Gasteiger partial charge < -0.3 is 15.1 Å². The molecule has 2 saturated heterocycles. The average molecular weight is 350 g/mol. The van der Waals surface area contributed by atoms with E-state index in [1.54, 1.807) is 0 Å². The molecule has 0 aromatic heterocycles. The van der Waals surface area contributed by atoms with E-state index in [9.17, 15) is 0 Å². The number of piperidine rings is 1. The molecule has 2 aliphatic heterocycles. The highest BCUT2D eigenvalue weighted by molar-refractivity contribution is 4.85. The van der Waals surface area contributed by atoms with Crippen molar-refractivity contribution in [2.45, 2.75) is 103 Å². The van der Waals surface area contributed by atoms with Crippen LogP contribution in [0.3, 0.4) is 0 Å². The fourth-order valence-corrected chi connectivity index (χ4v) is 5.33. The van der Waals surface area contributed by atoms with Crippen LogP contribution in [0, 0.1) is 11.8 Å². The summed E-state index contributed by atoms with van der Waals surface area (Å²) < 4.78 is 0. The average Bonchev–Trinajstić information content (AvgIpc) is 3.00. The number of nitrogens with zero attached hydrogens (tertiary/aromatic N) is 2. The highest BCUT2D eigenvalue weighted by atomic mass is 15.2. The second-order valence-corrected chi connectivity index (χ2v) is 9.74. The molecule has 3 aliphatic rings. The lowest BCUT2D eigenvalue weighted by Crippen LogP contribution is -2.44. The van der Waals surface area contributed by atoms with Crippen molar-refractivity contribution in [3.05, 3.63) is 0 Å². The molecule has 3 heteroatoms. The van der Waals surface area contributed by atoms with Crippen molar-refractivity contribution in [1.29, 1.82) is 0 Å². The SMILES string of the molecule is CC(CC1CCN(C(C)CC2CCN(C(C)C)C2)CC1)NC1CCC1. The first-order valence-electron chi connectivity index (χ1n) is 11.3. The number of likely N-dealkylation sites (tertiary alicyclic amines) is 2. The lowest BCUT2D eigenvalue weighted by molar-refractivity contribution is 0.116. The van der Waals surface area contributed by atoms with Gasteiger partial charge in [-0.2, -0.15) is 0 Å². The zero-order chi connectivity index (χ0) is 17.8. The minimum absolute atomic E-state index is 0.722. The molecular weight excluding hydrogens is 306 g/mol. The van der Waals surface area contributed by atoms with Gasteiger partial charge in [-0.15, -0.1) is 0 Å². The van der Waals surface area contributed by atoms with Gasteiger partial charge in [0.2, 0.25) is 0 Å². The van der Waals surface area contributed by atoms with Crippen LogP contribution in [0.4, 0.5) is 0 Å². The Morgan fingerprint density at radius 1 is 0.800 bits per heavy atom. The molecule has 0 aromatic carbocycles. The summed E-state index contributed by atoms with van der Waals surface area (Å²) in [5.74, 6) is 1.88. The topological polar surface area (TPSA) is 18.5 Å². The van der Waals surface area contributed by atoms with E-state index in [1.165, 1.54) is 77.5 Å². The van der Waals surface area contributed by atoms with E-state index in [0.29, 0.717) is 0 Å². The zero-order valence-electron chi connectivity index (χ0n) is 17.3. The molecule has 3 atom stereocenters. The fraction of sp³-hybridized carbons (Fsp3) is 1.00. The monoisotopic (exact) mass is 349 g/mol. The number of hydrogen-bond acceptors (Lipinski definition) is 3. The molecule has 0 aromatic rings. The molecule has 146 valence electrons. The van der Waals surface area contributed by atoms with Crippen LogP contribution in [0.25, 0.3) is 0 Å². The van der Waals surface area contributed by atoms with E-state index in [1.807, 2.05) is 0 Å². The van der Waals surface area contributed by atoms with Gasteiger partial charge in [0.1, 0.15) is 0 Å². The third-order valence-corrected chi connectivity index (χ3v) is 7.31. The minimum Gasteiger partial charge on any atom is -0.311 e. The molecule has 1 aliphatic carbocycles. The zero-order valence-corrected chi connectivity index (χ0v) is 17.3. The van der Waals surface area contributed by atoms with Crippen LogP contribution in [-0.4, -0.2) is 60.1 Å². The number of rotatable bonds is 8. The lowest BCUT2D eigenvalue weighted by atomic mass is 9.87. The molecule has 3 unspecified atom stereocenters. The molecule has 0 bridgehead atoms. The molecule has 1 saturated carbocycles. The second kappa shape index (κ2) is 9.19. The summed E-state index contributed by atoms with van der Waals surface area (Å²) in [5.41, 5.74) is 0. The fourth-order valence-electron chi connectivity index (χ4n) is 5.33. The summed E-state index contributed by atoms with van der Waals surface area (Å²) in [7, 11) is 0. The van der Waals surface area contributed by atoms with E-state index in [0.717, 1.165) is 36.0 Å². The summed E-state index contributed by atoms with van der Waals surface area (Å²) in [6, 6.07) is 3.07. The molecule has 0 radical (unpaired) electrons. The van der Waals surface area contributed by atoms with Crippen molar-refractivity contribution in [1.82, 2.24) is 15.1 Å². The quantitative estimate of drug-likeness (QED) is 0.711. The van der Waals surface area contributed by atoms with Crippen molar-refractivity contribution >= 4 is 0 Å². The van der Waals surface area contributed by atoms with Crippen LogP contribution < -0.4 is 5.32 Å². The van der Waals surface area contributed by atoms with E-state index in [4.69, 9.17) is 0 Å². The van der Waals surface area contributed by atoms with Gasteiger partial charge in [-0.25, -0.2) is 0 Å². The third-order valence-electron chi connectivity index (χ3n) is 7.31. The van der Waals surface area contributed by atoms with Gasteiger partial charge in [0.05, 0.1) is 0 Å². The maximum Gasteiger partial charge on any atom is 0.00700 e. The molecular formula is C22H43N3. The van der Waals surface area contributed by atoms with Crippen LogP contribution in [0.15, 0.2) is 0 Å². The number of nitrogens with one attached hydrogen (secondary N) is 1. The molecule has 1 N–H and O–H groups in total. The van der Waals surface area contributed by atoms with Gasteiger partial charge in [0.15, 0.2) is 0 Å². The third kappa shape index (κ3) is 5.68. The standard InChI is InChI=1S/C22H43N3/c1-17(2)25-13-10-21(16-25)15-19(4)24-11-8-20(9-12-24)14-18(3)23-22-6-5-7-22/h17-23H,5-16H2,1-4H3. The normalized spacial score (nSPS) is 29.9. The van der Waals surface area contributed by atoms with Crippen molar-refractivity contribution in [2.75, 3.05) is 26.2 Å². The largest absolute Gasteiger partial charge is 0.311 e. The summed E-state index contributed by atoms with van der Waals surface area (Å²) in [5, 5.41) is 3.84. The van der Waals surface area contributed by atoms with Gasteiger partial charge in [-0.1, -0.05) is 6.42 Å². The first kappa shape index (κ1) is 19.6. The van der Waals surface area contributed by atoms with E-state index < -0.39 is 0 Å². The predicted molar refractivity (Wildman–Crippen MR) is 108 cm³/mol. The van der Waals surface area contributed by atoms with Crippen LogP contribution in [0.5, 0.6) is 0 Å². The van der Waals surface area contributed by atoms with E-state index >= 15 is 0 Å². The van der Waals surface area contributed by atoms with Crippen molar-refractivity contribution in [2.24, 2.45) is 11.8 Å². The first-order chi connectivity index (χ1) is 12.0. The van der Waals surface area contributed by atoms with Gasteiger partial charge in [0.25, 0.3) is 0 Å². The van der Waals surface area contributed by atoms with Gasteiger partial charge in [-0.05, 0) is 104 Å². The van der Waals surface area contributed by atoms with Crippen molar-refractivity contribution in [3.8, 4) is 0 Å². The van der Waals surface area contributed by atoms with E-state index in [2.05, 4.69) is 42.8 Å². The summed E-state index contributed by atoms with van der Waals surface area (Å²) in [4.78, 5) is 5.46. The van der Waals surface area contributed by atoms with Gasteiger partial charge in [-0.3, -0.25) is 0 Å². The van der Waals surface area contributed by atoms with Crippen LogP contribution >= 0.6 is 0 Å². The second-order valence-electron chi connectivity index (χ2n) is 9.74. The first-order valence-corrected chi connectivity index (χ1v) is 11.3. The van der Waals surface area contributed by atoms with Crippen LogP contribution in [-0.2, 0) is 0 Å². The Morgan fingerprint density at radius 3 is 2.00 bits per heavy atom. The molecule has 3 nitrogen and oxygen atoms in total. The van der Waals surface area contributed by atoms with E-state index in [-0.39, 0.29) is 0 Å². The highest BCUT2D eigenvalue weighted by Crippen LogP contribution is 2.28. The Balaban J connectivity index is 1.32. The maximum atomic E-state index is 3.84. The molecule has 0 amide bonds. The Bertz CT molecular complexity index is 385. The Hall–Kier alpha value is -0.120. The highest BCUT2D eigenvalue weighted by Gasteiger charge is 2.29. The van der Waals surface area contributed by atoms with Crippen LogP contribution in [0.1, 0.15) is 79.1 Å². The lowest BCUT2D eigenvalue weighted by Gasteiger charge is -2.38. The summed E-state index contributed by atoms with van der Waals surface area (Å²) >= 11 is 0. The maximum absolute atomic E-state index is 3.84. The molecule has 25 heavy (non-hydrogen) atoms. The Labute approximate surface area is 156 Å². The van der Waals surface area contributed by atoms with Crippen molar-refractivity contribution < 1.29 is 0 Å². The Morgan fingerprint density at radius 2 is 1.44 bits per heavy atom. The smallest absolute Gasteiger partial charge is 0.00700 e. The molecule has 3 fully saturated rings. The van der Waals surface area contributed by atoms with Gasteiger partial charge >= 0.3 is 0 Å². The Kier molecular flexibility index (Phi) is 7.22. The summed E-state index contributed by atoms with van der Waals surface area (Å²) in [6.45, 7) is 14.9. The molecule has 0 spiro atoms. The molecule has 3 rings (SSSR count).